The van der Waals surface area contributed by atoms with Crippen molar-refractivity contribution in [2.45, 2.75) is 45.7 Å². The Morgan fingerprint density at radius 2 is 2.45 bits per heavy atom. The average Bonchev–Trinajstić information content (AvgIpc) is 3.04. The van der Waals surface area contributed by atoms with Gasteiger partial charge < -0.3 is 9.88 Å². The number of nitrogens with zero attached hydrogens (tertiary/aromatic N) is 2. The maximum Gasteiger partial charge on any atom is 0.261 e. The fraction of sp³-hybridized carbons (Fsp3) is 0.467. The van der Waals surface area contributed by atoms with Crippen LogP contribution in [0.4, 0.5) is 0 Å². The van der Waals surface area contributed by atoms with Crippen molar-refractivity contribution in [3.63, 3.8) is 0 Å². The molecule has 1 unspecified atom stereocenters. The summed E-state index contributed by atoms with van der Waals surface area (Å²) in [6.07, 6.45) is 6.70. The monoisotopic (exact) mass is 289 g/mol. The molecule has 1 atom stereocenters. The number of carbonyl (C=O) groups excluding carboxylic acids is 1. The van der Waals surface area contributed by atoms with E-state index >= 15 is 0 Å². The Bertz CT molecular complexity index is 629. The number of nitrogens with one attached hydrogen (secondary N) is 1. The summed E-state index contributed by atoms with van der Waals surface area (Å²) in [5.74, 6) is 1.18. The van der Waals surface area contributed by atoms with Gasteiger partial charge in [-0.1, -0.05) is 6.92 Å². The van der Waals surface area contributed by atoms with Crippen molar-refractivity contribution in [1.29, 1.82) is 0 Å². The van der Waals surface area contributed by atoms with E-state index < -0.39 is 0 Å². The normalized spacial score (nSPS) is 17.8. The van der Waals surface area contributed by atoms with E-state index in [0.717, 1.165) is 36.5 Å². The third kappa shape index (κ3) is 2.50. The summed E-state index contributed by atoms with van der Waals surface area (Å²) in [6, 6.07) is 2.21. The summed E-state index contributed by atoms with van der Waals surface area (Å²) in [7, 11) is 0. The molecule has 0 saturated heterocycles. The van der Waals surface area contributed by atoms with Gasteiger partial charge in [0.1, 0.15) is 5.82 Å². The summed E-state index contributed by atoms with van der Waals surface area (Å²) in [4.78, 5) is 18.8. The van der Waals surface area contributed by atoms with Crippen LogP contribution in [0.2, 0.25) is 0 Å². The smallest absolute Gasteiger partial charge is 0.261 e. The average molecular weight is 289 g/mol. The van der Waals surface area contributed by atoms with Crippen LogP contribution in [0.5, 0.6) is 0 Å². The Labute approximate surface area is 122 Å². The van der Waals surface area contributed by atoms with E-state index in [1.54, 1.807) is 11.3 Å². The molecule has 2 aromatic heterocycles. The quantitative estimate of drug-likeness (QED) is 0.944. The van der Waals surface area contributed by atoms with Gasteiger partial charge >= 0.3 is 0 Å². The highest BCUT2D eigenvalue weighted by Crippen LogP contribution is 2.23. The van der Waals surface area contributed by atoms with Crippen LogP contribution in [-0.4, -0.2) is 21.5 Å². The predicted molar refractivity (Wildman–Crippen MR) is 80.2 cm³/mol. The van der Waals surface area contributed by atoms with E-state index in [4.69, 9.17) is 0 Å². The van der Waals surface area contributed by atoms with Crippen LogP contribution in [0.3, 0.4) is 0 Å². The number of carbonyl (C=O) groups is 1. The van der Waals surface area contributed by atoms with Gasteiger partial charge in [-0.25, -0.2) is 4.98 Å². The van der Waals surface area contributed by atoms with E-state index in [-0.39, 0.29) is 11.9 Å². The lowest BCUT2D eigenvalue weighted by Crippen LogP contribution is -2.40. The summed E-state index contributed by atoms with van der Waals surface area (Å²) >= 11 is 1.61. The van der Waals surface area contributed by atoms with E-state index in [2.05, 4.69) is 28.7 Å². The molecule has 0 fully saturated rings. The molecule has 0 saturated carbocycles. The maximum atomic E-state index is 12.3. The number of aryl methyl sites for hydroxylation is 3. The highest BCUT2D eigenvalue weighted by Gasteiger charge is 2.21. The van der Waals surface area contributed by atoms with E-state index in [9.17, 15) is 4.79 Å². The molecule has 20 heavy (non-hydrogen) atoms. The molecular formula is C15H19N3OS. The zero-order chi connectivity index (χ0) is 14.1. The number of thiophene rings is 1. The van der Waals surface area contributed by atoms with Gasteiger partial charge in [0.25, 0.3) is 5.91 Å². The molecule has 106 valence electrons. The van der Waals surface area contributed by atoms with Gasteiger partial charge in [0.05, 0.1) is 4.88 Å². The molecule has 4 nitrogen and oxygen atoms in total. The molecule has 0 bridgehead atoms. The minimum Gasteiger partial charge on any atom is -0.347 e. The van der Waals surface area contributed by atoms with E-state index in [1.807, 2.05) is 18.5 Å². The predicted octanol–water partition coefficient (Wildman–Crippen LogP) is 2.56. The highest BCUT2D eigenvalue weighted by molar-refractivity contribution is 7.14. The largest absolute Gasteiger partial charge is 0.347 e. The van der Waals surface area contributed by atoms with Crippen LogP contribution >= 0.6 is 11.3 Å². The molecule has 0 aliphatic carbocycles. The first-order chi connectivity index (χ1) is 9.67. The van der Waals surface area contributed by atoms with Crippen molar-refractivity contribution in [2.24, 2.45) is 0 Å². The Kier molecular flexibility index (Phi) is 3.61. The van der Waals surface area contributed by atoms with Gasteiger partial charge in [-0.05, 0) is 31.4 Å². The van der Waals surface area contributed by atoms with Crippen LogP contribution < -0.4 is 5.32 Å². The molecular weight excluding hydrogens is 270 g/mol. The molecule has 2 aromatic rings. The van der Waals surface area contributed by atoms with Gasteiger partial charge in [0.15, 0.2) is 0 Å². The lowest BCUT2D eigenvalue weighted by molar-refractivity contribution is 0.0931. The number of hydrogen-bond donors (Lipinski definition) is 1. The summed E-state index contributed by atoms with van der Waals surface area (Å²) < 4.78 is 2.13. The topological polar surface area (TPSA) is 46.9 Å². The summed E-state index contributed by atoms with van der Waals surface area (Å²) in [5.41, 5.74) is 1.23. The van der Waals surface area contributed by atoms with Crippen LogP contribution in [-0.2, 0) is 19.4 Å². The first-order valence-corrected chi connectivity index (χ1v) is 7.89. The second kappa shape index (κ2) is 5.40. The fourth-order valence-electron chi connectivity index (χ4n) is 2.72. The van der Waals surface area contributed by atoms with Crippen molar-refractivity contribution >= 4 is 17.2 Å². The van der Waals surface area contributed by atoms with Crippen LogP contribution in [0.25, 0.3) is 0 Å². The van der Waals surface area contributed by atoms with Crippen molar-refractivity contribution in [3.05, 3.63) is 39.6 Å². The van der Waals surface area contributed by atoms with Crippen molar-refractivity contribution in [2.75, 3.05) is 0 Å². The number of imidazole rings is 1. The van der Waals surface area contributed by atoms with Crippen LogP contribution in [0, 0.1) is 6.92 Å². The zero-order valence-corrected chi connectivity index (χ0v) is 12.7. The summed E-state index contributed by atoms with van der Waals surface area (Å²) in [6.45, 7) is 5.03. The Morgan fingerprint density at radius 1 is 1.60 bits per heavy atom. The third-order valence-corrected chi connectivity index (χ3v) is 5.22. The zero-order valence-electron chi connectivity index (χ0n) is 11.8. The molecule has 3 rings (SSSR count). The first kappa shape index (κ1) is 13.4. The number of fused-ring (bicyclic) bond motifs is 1. The number of amides is 1. The van der Waals surface area contributed by atoms with Crippen LogP contribution in [0.1, 0.15) is 39.3 Å². The molecule has 0 spiro atoms. The minimum atomic E-state index is 0.0614. The van der Waals surface area contributed by atoms with Crippen molar-refractivity contribution in [1.82, 2.24) is 14.9 Å². The molecule has 1 aliphatic rings. The van der Waals surface area contributed by atoms with Gasteiger partial charge in [0, 0.05) is 36.3 Å². The molecule has 1 amide bonds. The van der Waals surface area contributed by atoms with Crippen molar-refractivity contribution in [3.8, 4) is 0 Å². The second-order valence-corrected chi connectivity index (χ2v) is 6.41. The molecule has 3 heterocycles. The van der Waals surface area contributed by atoms with Crippen LogP contribution in [0.15, 0.2) is 18.5 Å². The summed E-state index contributed by atoms with van der Waals surface area (Å²) in [5, 5.41) is 3.15. The number of rotatable bonds is 3. The molecule has 0 aromatic carbocycles. The maximum absolute atomic E-state index is 12.3. The van der Waals surface area contributed by atoms with E-state index in [1.165, 1.54) is 10.4 Å². The fourth-order valence-corrected chi connectivity index (χ4v) is 3.74. The van der Waals surface area contributed by atoms with Gasteiger partial charge in [0.2, 0.25) is 0 Å². The van der Waals surface area contributed by atoms with E-state index in [0.29, 0.717) is 0 Å². The number of hydrogen-bond acceptors (Lipinski definition) is 3. The lowest BCUT2D eigenvalue weighted by Gasteiger charge is -2.24. The molecule has 1 N–H and O–H groups in total. The standard InChI is InChI=1S/C15H19N3OS/c1-3-12-10(2)8-13(20-12)15(19)17-11-4-5-14-16-6-7-18(14)9-11/h6-8,11H,3-5,9H2,1-2H3,(H,17,19). The molecule has 1 aliphatic heterocycles. The van der Waals surface area contributed by atoms with Crippen molar-refractivity contribution < 1.29 is 4.79 Å². The lowest BCUT2D eigenvalue weighted by atomic mass is 10.1. The van der Waals surface area contributed by atoms with Gasteiger partial charge in [-0.3, -0.25) is 4.79 Å². The Balaban J connectivity index is 1.67. The first-order valence-electron chi connectivity index (χ1n) is 7.07. The SMILES string of the molecule is CCc1sc(C(=O)NC2CCc3nccn3C2)cc1C. The highest BCUT2D eigenvalue weighted by atomic mass is 32.1. The van der Waals surface area contributed by atoms with Gasteiger partial charge in [-0.15, -0.1) is 11.3 Å². The second-order valence-electron chi connectivity index (χ2n) is 5.28. The number of aromatic nitrogens is 2. The van der Waals surface area contributed by atoms with Gasteiger partial charge in [-0.2, -0.15) is 0 Å². The Hall–Kier alpha value is -1.62. The molecule has 5 heteroatoms. The third-order valence-electron chi connectivity index (χ3n) is 3.84. The minimum absolute atomic E-state index is 0.0614. The molecule has 0 radical (unpaired) electrons. The Morgan fingerprint density at radius 3 is 3.20 bits per heavy atom.